The molecule has 0 aliphatic heterocycles. The van der Waals surface area contributed by atoms with Crippen molar-refractivity contribution in [3.8, 4) is 5.75 Å². The summed E-state index contributed by atoms with van der Waals surface area (Å²) in [6.45, 7) is 4.38. The third-order valence-corrected chi connectivity index (χ3v) is 2.57. The average Bonchev–Trinajstić information content (AvgIpc) is 2.26. The first-order chi connectivity index (χ1) is 7.76. The molecule has 1 atom stereocenters. The lowest BCUT2D eigenvalue weighted by Crippen LogP contribution is -2.34. The normalized spacial score (nSPS) is 12.4. The summed E-state index contributed by atoms with van der Waals surface area (Å²) >= 11 is 3.42. The van der Waals surface area contributed by atoms with Crippen molar-refractivity contribution >= 4 is 15.9 Å². The molecule has 1 aromatic rings. The van der Waals surface area contributed by atoms with Gasteiger partial charge in [-0.15, -0.1) is 0 Å². The molecular weight excluding hydrogens is 270 g/mol. The molecule has 0 saturated carbocycles. The Kier molecular flexibility index (Phi) is 6.45. The number of methoxy groups -OCH3 is 1. The highest BCUT2D eigenvalue weighted by molar-refractivity contribution is 9.10. The molecule has 90 valence electrons. The van der Waals surface area contributed by atoms with Crippen LogP contribution in [0, 0.1) is 0 Å². The lowest BCUT2D eigenvalue weighted by Gasteiger charge is -2.18. The number of ether oxygens (including phenoxy) is 2. The van der Waals surface area contributed by atoms with E-state index in [-0.39, 0.29) is 6.10 Å². The molecular formula is C12H18BrNO2. The molecule has 0 fully saturated rings. The van der Waals surface area contributed by atoms with Gasteiger partial charge in [0, 0.05) is 18.1 Å². The maximum absolute atomic E-state index is 5.82. The first-order valence-electron chi connectivity index (χ1n) is 5.38. The van der Waals surface area contributed by atoms with Gasteiger partial charge in [-0.25, -0.2) is 0 Å². The van der Waals surface area contributed by atoms with Crippen LogP contribution in [0.15, 0.2) is 28.7 Å². The highest BCUT2D eigenvalue weighted by atomic mass is 79.9. The number of halogens is 1. The largest absolute Gasteiger partial charge is 0.487 e. The van der Waals surface area contributed by atoms with Crippen LogP contribution in [-0.4, -0.2) is 32.9 Å². The molecule has 1 unspecified atom stereocenters. The number of hydrogen-bond donors (Lipinski definition) is 1. The Morgan fingerprint density at radius 2 is 2.25 bits per heavy atom. The molecule has 1 N–H and O–H groups in total. The smallest absolute Gasteiger partial charge is 0.134 e. The molecule has 0 aliphatic rings. The highest BCUT2D eigenvalue weighted by Gasteiger charge is 2.09. The van der Waals surface area contributed by atoms with Crippen LogP contribution in [0.2, 0.25) is 0 Å². The van der Waals surface area contributed by atoms with Crippen molar-refractivity contribution < 1.29 is 9.47 Å². The molecule has 0 saturated heterocycles. The molecule has 3 nitrogen and oxygen atoms in total. The van der Waals surface area contributed by atoms with Gasteiger partial charge in [0.1, 0.15) is 11.9 Å². The van der Waals surface area contributed by atoms with Crippen LogP contribution in [0.25, 0.3) is 0 Å². The van der Waals surface area contributed by atoms with E-state index in [1.165, 1.54) is 0 Å². The van der Waals surface area contributed by atoms with Crippen molar-refractivity contribution in [2.45, 2.75) is 13.0 Å². The van der Waals surface area contributed by atoms with Crippen molar-refractivity contribution in [3.63, 3.8) is 0 Å². The van der Waals surface area contributed by atoms with Crippen LogP contribution < -0.4 is 10.1 Å². The molecule has 0 aromatic heterocycles. The second-order valence-corrected chi connectivity index (χ2v) is 4.38. The van der Waals surface area contributed by atoms with E-state index in [0.29, 0.717) is 6.61 Å². The summed E-state index contributed by atoms with van der Waals surface area (Å²) in [7, 11) is 1.68. The van der Waals surface area contributed by atoms with Gasteiger partial charge in [-0.3, -0.25) is 0 Å². The third-order valence-electron chi connectivity index (χ3n) is 2.07. The van der Waals surface area contributed by atoms with E-state index >= 15 is 0 Å². The Bertz CT molecular complexity index is 307. The molecule has 1 aromatic carbocycles. The Balaban J connectivity index is 2.52. The average molecular weight is 288 g/mol. The van der Waals surface area contributed by atoms with Crippen molar-refractivity contribution in [3.05, 3.63) is 28.7 Å². The van der Waals surface area contributed by atoms with Crippen LogP contribution >= 0.6 is 15.9 Å². The topological polar surface area (TPSA) is 30.5 Å². The summed E-state index contributed by atoms with van der Waals surface area (Å²) in [5.74, 6) is 0.856. The Morgan fingerprint density at radius 3 is 2.88 bits per heavy atom. The summed E-state index contributed by atoms with van der Waals surface area (Å²) in [5.41, 5.74) is 0. The highest BCUT2D eigenvalue weighted by Crippen LogP contribution is 2.18. The van der Waals surface area contributed by atoms with Gasteiger partial charge in [-0.2, -0.15) is 0 Å². The summed E-state index contributed by atoms with van der Waals surface area (Å²) in [5, 5.41) is 3.25. The minimum Gasteiger partial charge on any atom is -0.487 e. The monoisotopic (exact) mass is 287 g/mol. The second kappa shape index (κ2) is 7.65. The molecule has 0 spiro atoms. The Labute approximate surface area is 105 Å². The van der Waals surface area contributed by atoms with Crippen molar-refractivity contribution in [1.29, 1.82) is 0 Å². The van der Waals surface area contributed by atoms with Crippen LogP contribution in [0.3, 0.4) is 0 Å². The zero-order chi connectivity index (χ0) is 11.8. The molecule has 0 amide bonds. The van der Waals surface area contributed by atoms with Gasteiger partial charge in [-0.1, -0.05) is 28.9 Å². The summed E-state index contributed by atoms with van der Waals surface area (Å²) in [6, 6.07) is 7.83. The van der Waals surface area contributed by atoms with Crippen LogP contribution in [0.5, 0.6) is 5.75 Å². The zero-order valence-corrected chi connectivity index (χ0v) is 11.3. The maximum atomic E-state index is 5.82. The van der Waals surface area contributed by atoms with Crippen molar-refractivity contribution in [2.24, 2.45) is 0 Å². The Morgan fingerprint density at radius 1 is 1.44 bits per heavy atom. The number of nitrogens with one attached hydrogen (secondary N) is 1. The van der Waals surface area contributed by atoms with Crippen molar-refractivity contribution in [2.75, 3.05) is 26.8 Å². The zero-order valence-electron chi connectivity index (χ0n) is 9.70. The van der Waals surface area contributed by atoms with Gasteiger partial charge in [0.15, 0.2) is 0 Å². The van der Waals surface area contributed by atoms with E-state index in [1.54, 1.807) is 7.11 Å². The maximum Gasteiger partial charge on any atom is 0.134 e. The third kappa shape index (κ3) is 4.96. The summed E-state index contributed by atoms with van der Waals surface area (Å²) < 4.78 is 12.0. The fourth-order valence-corrected chi connectivity index (χ4v) is 1.74. The molecule has 0 heterocycles. The molecule has 0 bridgehead atoms. The minimum absolute atomic E-state index is 0.0410. The van der Waals surface area contributed by atoms with Gasteiger partial charge >= 0.3 is 0 Å². The standard InChI is InChI=1S/C12H18BrNO2/c1-3-14-8-12(9-15-2)16-11-6-4-5-10(13)7-11/h4-7,12,14H,3,8-9H2,1-2H3. The van der Waals surface area contributed by atoms with Crippen molar-refractivity contribution in [1.82, 2.24) is 5.32 Å². The van der Waals surface area contributed by atoms with E-state index in [1.807, 2.05) is 24.3 Å². The van der Waals surface area contributed by atoms with Gasteiger partial charge in [0.2, 0.25) is 0 Å². The summed E-state index contributed by atoms with van der Waals surface area (Å²) in [4.78, 5) is 0. The molecule has 0 radical (unpaired) electrons. The second-order valence-electron chi connectivity index (χ2n) is 3.46. The molecule has 1 rings (SSSR count). The van der Waals surface area contributed by atoms with E-state index < -0.39 is 0 Å². The predicted octanol–water partition coefficient (Wildman–Crippen LogP) is 2.45. The predicted molar refractivity (Wildman–Crippen MR) is 69.0 cm³/mol. The lowest BCUT2D eigenvalue weighted by atomic mass is 10.3. The SMILES string of the molecule is CCNCC(COC)Oc1cccc(Br)c1. The number of rotatable bonds is 7. The number of likely N-dealkylation sites (N-methyl/N-ethyl adjacent to an activating group) is 1. The fourth-order valence-electron chi connectivity index (χ4n) is 1.36. The van der Waals surface area contributed by atoms with Gasteiger partial charge in [-0.05, 0) is 24.7 Å². The quantitative estimate of drug-likeness (QED) is 0.836. The van der Waals surface area contributed by atoms with E-state index in [0.717, 1.165) is 23.3 Å². The first kappa shape index (κ1) is 13.5. The van der Waals surface area contributed by atoms with Crippen LogP contribution in [0.1, 0.15) is 6.92 Å². The van der Waals surface area contributed by atoms with E-state index in [2.05, 4.69) is 28.2 Å². The molecule has 16 heavy (non-hydrogen) atoms. The number of benzene rings is 1. The van der Waals surface area contributed by atoms with Crippen LogP contribution in [-0.2, 0) is 4.74 Å². The lowest BCUT2D eigenvalue weighted by molar-refractivity contribution is 0.0809. The van der Waals surface area contributed by atoms with Gasteiger partial charge in [0.25, 0.3) is 0 Å². The van der Waals surface area contributed by atoms with Crippen LogP contribution in [0.4, 0.5) is 0 Å². The number of hydrogen-bond acceptors (Lipinski definition) is 3. The Hall–Kier alpha value is -0.580. The molecule has 4 heteroatoms. The van der Waals surface area contributed by atoms with E-state index in [4.69, 9.17) is 9.47 Å². The van der Waals surface area contributed by atoms with E-state index in [9.17, 15) is 0 Å². The molecule has 0 aliphatic carbocycles. The first-order valence-corrected chi connectivity index (χ1v) is 6.17. The van der Waals surface area contributed by atoms with Gasteiger partial charge < -0.3 is 14.8 Å². The fraction of sp³-hybridized carbons (Fsp3) is 0.500. The minimum atomic E-state index is 0.0410. The summed E-state index contributed by atoms with van der Waals surface area (Å²) in [6.07, 6.45) is 0.0410. The van der Waals surface area contributed by atoms with Gasteiger partial charge in [0.05, 0.1) is 6.61 Å².